The third-order valence-electron chi connectivity index (χ3n) is 6.61. The summed E-state index contributed by atoms with van der Waals surface area (Å²) in [4.78, 5) is 9.51. The van der Waals surface area contributed by atoms with Gasteiger partial charge in [0.05, 0.1) is 6.54 Å². The molecule has 0 saturated heterocycles. The fraction of sp³-hybridized carbons (Fsp3) is 0.222. The third kappa shape index (κ3) is 3.58. The van der Waals surface area contributed by atoms with Crippen molar-refractivity contribution in [2.75, 3.05) is 0 Å². The summed E-state index contributed by atoms with van der Waals surface area (Å²) >= 11 is 0. The molecule has 174 valence electrons. The van der Waals surface area contributed by atoms with E-state index < -0.39 is 0 Å². The minimum Gasteiger partial charge on any atom is -0.488 e. The molecule has 0 saturated carbocycles. The number of nitrogens with one attached hydrogen (secondary N) is 1. The molecule has 8 heteroatoms. The lowest BCUT2D eigenvalue weighted by Crippen LogP contribution is -2.07. The summed E-state index contributed by atoms with van der Waals surface area (Å²) in [6.07, 6.45) is 2.70. The Labute approximate surface area is 202 Å². The number of pyridine rings is 1. The maximum atomic E-state index is 6.26. The summed E-state index contributed by atoms with van der Waals surface area (Å²) in [5, 5.41) is 14.8. The molecule has 1 aliphatic heterocycles. The number of aromatic nitrogens is 7. The van der Waals surface area contributed by atoms with Gasteiger partial charge in [-0.3, -0.25) is 0 Å². The van der Waals surface area contributed by atoms with Crippen molar-refractivity contribution >= 4 is 22.3 Å². The fourth-order valence-corrected chi connectivity index (χ4v) is 4.85. The largest absolute Gasteiger partial charge is 0.488 e. The van der Waals surface area contributed by atoms with Crippen LogP contribution < -0.4 is 4.74 Å². The van der Waals surface area contributed by atoms with E-state index in [9.17, 15) is 0 Å². The van der Waals surface area contributed by atoms with Gasteiger partial charge in [-0.2, -0.15) is 5.21 Å². The number of aromatic amines is 1. The molecule has 1 aliphatic rings. The van der Waals surface area contributed by atoms with E-state index in [1.807, 2.05) is 37.4 Å². The van der Waals surface area contributed by atoms with Crippen LogP contribution >= 0.6 is 0 Å². The first-order chi connectivity index (χ1) is 17.1. The second-order valence-electron chi connectivity index (χ2n) is 8.78. The van der Waals surface area contributed by atoms with Crippen LogP contribution in [0.2, 0.25) is 0 Å². The molecule has 0 fully saturated rings. The number of allylic oxidation sites excluding steroid dienone is 1. The lowest BCUT2D eigenvalue weighted by molar-refractivity contribution is 0.307. The lowest BCUT2D eigenvalue weighted by atomic mass is 9.89. The highest BCUT2D eigenvalue weighted by Crippen LogP contribution is 2.40. The van der Waals surface area contributed by atoms with Gasteiger partial charge in [0, 0.05) is 23.8 Å². The molecule has 5 aromatic rings. The van der Waals surface area contributed by atoms with E-state index in [0.29, 0.717) is 19.0 Å². The Bertz CT molecular complexity index is 1580. The zero-order chi connectivity index (χ0) is 23.9. The van der Waals surface area contributed by atoms with Crippen molar-refractivity contribution in [1.82, 2.24) is 35.2 Å². The molecule has 0 unspecified atom stereocenters. The molecule has 3 aromatic heterocycles. The maximum absolute atomic E-state index is 6.26. The SMILES string of the molecule is CCc1nc2c(C)ccnc2n1Cc1ccc2c(c1)COc1ccccc1C2=C(C)c1nn[nH]n1. The van der Waals surface area contributed by atoms with Crippen LogP contribution in [-0.4, -0.2) is 35.2 Å². The van der Waals surface area contributed by atoms with Crippen molar-refractivity contribution in [3.63, 3.8) is 0 Å². The molecule has 0 spiro atoms. The number of para-hydroxylation sites is 1. The van der Waals surface area contributed by atoms with E-state index in [4.69, 9.17) is 9.72 Å². The zero-order valence-corrected chi connectivity index (χ0v) is 19.9. The predicted molar refractivity (Wildman–Crippen MR) is 134 cm³/mol. The Morgan fingerprint density at radius 2 is 2.00 bits per heavy atom. The first-order valence-corrected chi connectivity index (χ1v) is 11.7. The van der Waals surface area contributed by atoms with E-state index >= 15 is 0 Å². The van der Waals surface area contributed by atoms with E-state index in [0.717, 1.165) is 62.6 Å². The first kappa shape index (κ1) is 21.2. The lowest BCUT2D eigenvalue weighted by Gasteiger charge is -2.15. The number of imidazole rings is 1. The van der Waals surface area contributed by atoms with Crippen LogP contribution in [-0.2, 0) is 19.6 Å². The van der Waals surface area contributed by atoms with E-state index in [-0.39, 0.29) is 0 Å². The van der Waals surface area contributed by atoms with Gasteiger partial charge in [-0.1, -0.05) is 37.3 Å². The van der Waals surface area contributed by atoms with Gasteiger partial charge in [-0.15, -0.1) is 10.2 Å². The van der Waals surface area contributed by atoms with Gasteiger partial charge in [0.25, 0.3) is 0 Å². The van der Waals surface area contributed by atoms with Gasteiger partial charge in [-0.25, -0.2) is 9.97 Å². The van der Waals surface area contributed by atoms with Crippen molar-refractivity contribution < 1.29 is 4.74 Å². The summed E-state index contributed by atoms with van der Waals surface area (Å²) < 4.78 is 8.48. The summed E-state index contributed by atoms with van der Waals surface area (Å²) in [7, 11) is 0. The minimum absolute atomic E-state index is 0.478. The topological polar surface area (TPSA) is 94.4 Å². The highest BCUT2D eigenvalue weighted by molar-refractivity contribution is 5.99. The molecule has 6 rings (SSSR count). The van der Waals surface area contributed by atoms with Gasteiger partial charge in [0.1, 0.15) is 23.7 Å². The molecular weight excluding hydrogens is 438 g/mol. The summed E-state index contributed by atoms with van der Waals surface area (Å²) in [5.41, 5.74) is 9.46. The zero-order valence-electron chi connectivity index (χ0n) is 19.9. The molecule has 0 atom stereocenters. The number of ether oxygens (including phenoxy) is 1. The normalized spacial score (nSPS) is 14.3. The average Bonchev–Trinajstić information content (AvgIpc) is 3.50. The van der Waals surface area contributed by atoms with Crippen LogP contribution in [0.4, 0.5) is 0 Å². The fourth-order valence-electron chi connectivity index (χ4n) is 4.85. The van der Waals surface area contributed by atoms with Gasteiger partial charge < -0.3 is 9.30 Å². The van der Waals surface area contributed by atoms with Crippen LogP contribution in [0.15, 0.2) is 54.7 Å². The number of benzene rings is 2. The van der Waals surface area contributed by atoms with Crippen LogP contribution in [0.1, 0.15) is 53.3 Å². The minimum atomic E-state index is 0.478. The molecule has 0 radical (unpaired) electrons. The second-order valence-corrected chi connectivity index (χ2v) is 8.78. The molecule has 4 heterocycles. The highest BCUT2D eigenvalue weighted by atomic mass is 16.5. The van der Waals surface area contributed by atoms with Crippen LogP contribution in [0.25, 0.3) is 22.3 Å². The van der Waals surface area contributed by atoms with Crippen molar-refractivity contribution in [3.05, 3.63) is 94.2 Å². The van der Waals surface area contributed by atoms with Crippen molar-refractivity contribution in [1.29, 1.82) is 0 Å². The van der Waals surface area contributed by atoms with Gasteiger partial charge in [0.2, 0.25) is 5.82 Å². The number of aryl methyl sites for hydroxylation is 2. The number of rotatable bonds is 4. The van der Waals surface area contributed by atoms with Gasteiger partial charge >= 0.3 is 0 Å². The highest BCUT2D eigenvalue weighted by Gasteiger charge is 2.23. The van der Waals surface area contributed by atoms with Crippen molar-refractivity contribution in [2.24, 2.45) is 0 Å². The quantitative estimate of drug-likeness (QED) is 0.414. The Morgan fingerprint density at radius 1 is 1.11 bits per heavy atom. The predicted octanol–water partition coefficient (Wildman–Crippen LogP) is 4.73. The first-order valence-electron chi connectivity index (χ1n) is 11.7. The molecule has 0 amide bonds. The summed E-state index contributed by atoms with van der Waals surface area (Å²) in [6.45, 7) is 7.41. The van der Waals surface area contributed by atoms with Gasteiger partial charge in [0.15, 0.2) is 5.65 Å². The number of fused-ring (bicyclic) bond motifs is 3. The van der Waals surface area contributed by atoms with Crippen molar-refractivity contribution in [2.45, 2.75) is 40.3 Å². The Morgan fingerprint density at radius 3 is 2.83 bits per heavy atom. The van der Waals surface area contributed by atoms with E-state index in [1.54, 1.807) is 0 Å². The molecular formula is C27H25N7O. The van der Waals surface area contributed by atoms with E-state index in [1.165, 1.54) is 5.56 Å². The average molecular weight is 464 g/mol. The monoisotopic (exact) mass is 463 g/mol. The standard InChI is InChI=1S/C27H25N7O/c1-4-23-29-25-16(2)11-12-28-27(25)34(23)14-18-9-10-20-19(13-18)15-35-22-8-6-5-7-21(22)24(20)17(3)26-30-32-33-31-26/h5-13H,4,14-15H2,1-3H3,(H,30,31,32,33). The summed E-state index contributed by atoms with van der Waals surface area (Å²) in [5.74, 6) is 2.45. The van der Waals surface area contributed by atoms with Gasteiger partial charge in [-0.05, 0) is 65.1 Å². The number of hydrogen-bond acceptors (Lipinski definition) is 6. The maximum Gasteiger partial charge on any atom is 0.201 e. The number of hydrogen-bond donors (Lipinski definition) is 1. The summed E-state index contributed by atoms with van der Waals surface area (Å²) in [6, 6.07) is 16.7. The Kier molecular flexibility index (Phi) is 5.13. The molecule has 0 aliphatic carbocycles. The van der Waals surface area contributed by atoms with Crippen LogP contribution in [0.3, 0.4) is 0 Å². The molecule has 35 heavy (non-hydrogen) atoms. The Hall–Kier alpha value is -4.33. The van der Waals surface area contributed by atoms with E-state index in [2.05, 4.69) is 68.3 Å². The second kappa shape index (κ2) is 8.47. The van der Waals surface area contributed by atoms with Crippen LogP contribution in [0, 0.1) is 6.92 Å². The number of nitrogens with zero attached hydrogens (tertiary/aromatic N) is 6. The Balaban J connectivity index is 1.48. The third-order valence-corrected chi connectivity index (χ3v) is 6.61. The molecule has 1 N–H and O–H groups in total. The molecule has 2 aromatic carbocycles. The van der Waals surface area contributed by atoms with Crippen LogP contribution in [0.5, 0.6) is 5.75 Å². The molecule has 0 bridgehead atoms. The smallest absolute Gasteiger partial charge is 0.201 e. The molecule has 8 nitrogen and oxygen atoms in total. The van der Waals surface area contributed by atoms with Crippen molar-refractivity contribution in [3.8, 4) is 5.75 Å². The number of tetrazole rings is 1. The number of H-pyrrole nitrogens is 1.